The number of hydrogen-bond donors (Lipinski definition) is 2. The fraction of sp³-hybridized carbons (Fsp3) is 0.765. The maximum Gasteiger partial charge on any atom is 0.408 e. The summed E-state index contributed by atoms with van der Waals surface area (Å²) >= 11 is 0. The normalized spacial score (nSPS) is 25.8. The van der Waals surface area contributed by atoms with Gasteiger partial charge in [-0.2, -0.15) is 13.2 Å². The first-order valence-corrected chi connectivity index (χ1v) is 9.09. The Hall–Kier alpha value is -1.77. The van der Waals surface area contributed by atoms with Gasteiger partial charge in [-0.05, 0) is 25.2 Å². The van der Waals surface area contributed by atoms with Crippen LogP contribution in [0.3, 0.4) is 0 Å². The van der Waals surface area contributed by atoms with Crippen LogP contribution in [0.5, 0.6) is 0 Å². The number of amides is 2. The van der Waals surface area contributed by atoms with E-state index in [1.165, 1.54) is 0 Å². The monoisotopic (exact) mass is 374 g/mol. The molecule has 1 saturated heterocycles. The van der Waals surface area contributed by atoms with Crippen LogP contribution >= 0.6 is 0 Å². The molecular weight excluding hydrogens is 349 g/mol. The summed E-state index contributed by atoms with van der Waals surface area (Å²) in [6.45, 7) is 0.424. The lowest BCUT2D eigenvalue weighted by Crippen LogP contribution is -2.55. The van der Waals surface area contributed by atoms with Gasteiger partial charge >= 0.3 is 12.2 Å². The summed E-state index contributed by atoms with van der Waals surface area (Å²) in [5, 5.41) is 4.83. The first-order chi connectivity index (χ1) is 12.4. The molecule has 2 fully saturated rings. The molecule has 0 aromatic carbocycles. The smallest absolute Gasteiger partial charge is 0.368 e. The van der Waals surface area contributed by atoms with Crippen LogP contribution in [0.4, 0.5) is 18.0 Å². The first-order valence-electron chi connectivity index (χ1n) is 9.09. The minimum atomic E-state index is -4.45. The average molecular weight is 374 g/mol. The van der Waals surface area contributed by atoms with Gasteiger partial charge in [-0.1, -0.05) is 19.3 Å². The van der Waals surface area contributed by atoms with E-state index in [0.29, 0.717) is 31.7 Å². The SMILES string of the molecule is Cn1ccnc1[C@H]1OCC[C@@H]1NC(=O)NC(C1CCCCC1)C(F)(F)F. The predicted octanol–water partition coefficient (Wildman–Crippen LogP) is 3.06. The number of carbonyl (C=O) groups excluding carboxylic acids is 1. The fourth-order valence-electron chi connectivity index (χ4n) is 3.93. The van der Waals surface area contributed by atoms with Crippen molar-refractivity contribution in [1.82, 2.24) is 20.2 Å². The van der Waals surface area contributed by atoms with E-state index in [-0.39, 0.29) is 0 Å². The van der Waals surface area contributed by atoms with Crippen LogP contribution in [-0.4, -0.2) is 40.4 Å². The molecule has 3 atom stereocenters. The molecule has 1 aliphatic carbocycles. The highest BCUT2D eigenvalue weighted by molar-refractivity contribution is 5.74. The maximum absolute atomic E-state index is 13.5. The summed E-state index contributed by atoms with van der Waals surface area (Å²) in [4.78, 5) is 16.5. The summed E-state index contributed by atoms with van der Waals surface area (Å²) in [7, 11) is 1.81. The Morgan fingerprint density at radius 1 is 1.31 bits per heavy atom. The van der Waals surface area contributed by atoms with Crippen molar-refractivity contribution in [1.29, 1.82) is 0 Å². The Morgan fingerprint density at radius 2 is 2.04 bits per heavy atom. The maximum atomic E-state index is 13.5. The van der Waals surface area contributed by atoms with E-state index in [9.17, 15) is 18.0 Å². The molecule has 26 heavy (non-hydrogen) atoms. The van der Waals surface area contributed by atoms with Crippen LogP contribution in [-0.2, 0) is 11.8 Å². The molecular formula is C17H25F3N4O2. The van der Waals surface area contributed by atoms with Crippen LogP contribution in [0, 0.1) is 5.92 Å². The Labute approximate surface area is 150 Å². The highest BCUT2D eigenvalue weighted by Crippen LogP contribution is 2.35. The van der Waals surface area contributed by atoms with Crippen LogP contribution in [0.2, 0.25) is 0 Å². The molecule has 2 heterocycles. The van der Waals surface area contributed by atoms with Gasteiger partial charge in [0.25, 0.3) is 0 Å². The van der Waals surface area contributed by atoms with E-state index in [2.05, 4.69) is 15.6 Å². The van der Waals surface area contributed by atoms with E-state index in [1.807, 2.05) is 7.05 Å². The second-order valence-electron chi connectivity index (χ2n) is 7.12. The highest BCUT2D eigenvalue weighted by Gasteiger charge is 2.46. The van der Waals surface area contributed by atoms with Gasteiger partial charge in [-0.15, -0.1) is 0 Å². The molecule has 6 nitrogen and oxygen atoms in total. The third-order valence-electron chi connectivity index (χ3n) is 5.28. The van der Waals surface area contributed by atoms with Gasteiger partial charge in [0.05, 0.1) is 6.04 Å². The molecule has 1 aromatic rings. The van der Waals surface area contributed by atoms with Gasteiger partial charge in [0.15, 0.2) is 0 Å². The van der Waals surface area contributed by atoms with Crippen molar-refractivity contribution in [3.8, 4) is 0 Å². The quantitative estimate of drug-likeness (QED) is 0.851. The third-order valence-corrected chi connectivity index (χ3v) is 5.28. The number of ether oxygens (including phenoxy) is 1. The number of alkyl halides is 3. The topological polar surface area (TPSA) is 68.2 Å². The van der Waals surface area contributed by atoms with Crippen molar-refractivity contribution < 1.29 is 22.7 Å². The molecule has 2 N–H and O–H groups in total. The van der Waals surface area contributed by atoms with Gasteiger partial charge in [0.1, 0.15) is 18.0 Å². The molecule has 0 bridgehead atoms. The molecule has 1 unspecified atom stereocenters. The number of halogens is 3. The standard InChI is InChI=1S/C17H25F3N4O2/c1-24-9-8-21-15(24)13-12(7-10-26-13)22-16(25)23-14(17(18,19)20)11-5-3-2-4-6-11/h8-9,11-14H,2-7,10H2,1H3,(H2,22,23,25)/t12-,13-,14?/m0/s1. The Morgan fingerprint density at radius 3 is 2.65 bits per heavy atom. The predicted molar refractivity (Wildman–Crippen MR) is 88.4 cm³/mol. The minimum Gasteiger partial charge on any atom is -0.368 e. The number of hydrogen-bond acceptors (Lipinski definition) is 3. The summed E-state index contributed by atoms with van der Waals surface area (Å²) in [6.07, 6.45) is 2.50. The second kappa shape index (κ2) is 7.85. The van der Waals surface area contributed by atoms with E-state index in [4.69, 9.17) is 4.74 Å². The van der Waals surface area contributed by atoms with Crippen LogP contribution in [0.15, 0.2) is 12.4 Å². The van der Waals surface area contributed by atoms with E-state index in [0.717, 1.165) is 19.3 Å². The molecule has 1 saturated carbocycles. The molecule has 2 amide bonds. The van der Waals surface area contributed by atoms with Crippen LogP contribution in [0.1, 0.15) is 50.5 Å². The van der Waals surface area contributed by atoms with Crippen LogP contribution in [0.25, 0.3) is 0 Å². The number of imidazole rings is 1. The highest BCUT2D eigenvalue weighted by atomic mass is 19.4. The zero-order chi connectivity index (χ0) is 18.7. The molecule has 146 valence electrons. The zero-order valence-electron chi connectivity index (χ0n) is 14.8. The Bertz CT molecular complexity index is 613. The molecule has 2 aliphatic rings. The van der Waals surface area contributed by atoms with E-state index < -0.39 is 36.3 Å². The van der Waals surface area contributed by atoms with Gasteiger partial charge in [-0.3, -0.25) is 0 Å². The molecule has 9 heteroatoms. The number of urea groups is 1. The number of nitrogens with one attached hydrogen (secondary N) is 2. The number of aryl methyl sites for hydroxylation is 1. The Kier molecular flexibility index (Phi) is 5.74. The Balaban J connectivity index is 1.63. The van der Waals surface area contributed by atoms with Crippen molar-refractivity contribution in [2.75, 3.05) is 6.61 Å². The van der Waals surface area contributed by atoms with Crippen LogP contribution < -0.4 is 10.6 Å². The fourth-order valence-corrected chi connectivity index (χ4v) is 3.93. The number of carbonyl (C=O) groups is 1. The van der Waals surface area contributed by atoms with E-state index in [1.54, 1.807) is 17.0 Å². The third kappa shape index (κ3) is 4.31. The van der Waals surface area contributed by atoms with Crippen molar-refractivity contribution in [2.45, 2.75) is 62.9 Å². The summed E-state index contributed by atoms with van der Waals surface area (Å²) in [5.41, 5.74) is 0. The average Bonchev–Trinajstić information content (AvgIpc) is 3.21. The number of rotatable bonds is 4. The number of nitrogens with zero attached hydrogens (tertiary/aromatic N) is 2. The lowest BCUT2D eigenvalue weighted by atomic mass is 9.83. The largest absolute Gasteiger partial charge is 0.408 e. The second-order valence-corrected chi connectivity index (χ2v) is 7.12. The van der Waals surface area contributed by atoms with Crippen molar-refractivity contribution >= 4 is 6.03 Å². The van der Waals surface area contributed by atoms with Gasteiger partial charge in [0.2, 0.25) is 0 Å². The number of aromatic nitrogens is 2. The summed E-state index contributed by atoms with van der Waals surface area (Å²) in [6, 6.07) is -3.01. The van der Waals surface area contributed by atoms with Gasteiger partial charge < -0.3 is 19.9 Å². The minimum absolute atomic E-state index is 0.406. The van der Waals surface area contributed by atoms with Crippen molar-refractivity contribution in [3.63, 3.8) is 0 Å². The lowest BCUT2D eigenvalue weighted by Gasteiger charge is -2.32. The van der Waals surface area contributed by atoms with Gasteiger partial charge in [0, 0.05) is 26.0 Å². The molecule has 0 spiro atoms. The molecule has 0 radical (unpaired) electrons. The molecule has 1 aliphatic heterocycles. The first kappa shape index (κ1) is 19.0. The van der Waals surface area contributed by atoms with E-state index >= 15 is 0 Å². The molecule has 1 aromatic heterocycles. The van der Waals surface area contributed by atoms with Crippen molar-refractivity contribution in [2.24, 2.45) is 13.0 Å². The van der Waals surface area contributed by atoms with Crippen molar-refractivity contribution in [3.05, 3.63) is 18.2 Å². The summed E-state index contributed by atoms with van der Waals surface area (Å²) < 4.78 is 47.8. The lowest BCUT2D eigenvalue weighted by molar-refractivity contribution is -0.167. The summed E-state index contributed by atoms with van der Waals surface area (Å²) in [5.74, 6) is 0.0899. The zero-order valence-corrected chi connectivity index (χ0v) is 14.8. The molecule has 3 rings (SSSR count). The van der Waals surface area contributed by atoms with Gasteiger partial charge in [-0.25, -0.2) is 9.78 Å².